The van der Waals surface area contributed by atoms with E-state index in [1.165, 1.54) is 26.0 Å². The van der Waals surface area contributed by atoms with Gasteiger partial charge in [-0.15, -0.1) is 0 Å². The minimum absolute atomic E-state index is 0.103. The molecule has 1 aliphatic rings. The zero-order chi connectivity index (χ0) is 16.5. The number of carboxylic acid groups (broad SMARTS) is 1. The Morgan fingerprint density at radius 2 is 1.82 bits per heavy atom. The highest BCUT2D eigenvalue weighted by Gasteiger charge is 2.38. The molecule has 1 fully saturated rings. The van der Waals surface area contributed by atoms with E-state index in [-0.39, 0.29) is 22.6 Å². The predicted octanol–water partition coefficient (Wildman–Crippen LogP) is 1.22. The van der Waals surface area contributed by atoms with Crippen molar-refractivity contribution < 1.29 is 34.1 Å². The van der Waals surface area contributed by atoms with Crippen LogP contribution in [0.3, 0.4) is 0 Å². The number of hydrogen-bond acceptors (Lipinski definition) is 7. The number of rotatable bonds is 3. The Kier molecular flexibility index (Phi) is 3.77. The summed E-state index contributed by atoms with van der Waals surface area (Å²) < 4.78 is 9.79. The lowest BCUT2D eigenvalue weighted by Crippen LogP contribution is -2.42. The van der Waals surface area contributed by atoms with Crippen molar-refractivity contribution in [3.8, 4) is 5.75 Å². The van der Waals surface area contributed by atoms with Gasteiger partial charge in [0.15, 0.2) is 5.57 Å². The summed E-state index contributed by atoms with van der Waals surface area (Å²) in [7, 11) is 0. The van der Waals surface area contributed by atoms with Gasteiger partial charge in [-0.1, -0.05) is 0 Å². The fraction of sp³-hybridized carbons (Fsp3) is 0.214. The van der Waals surface area contributed by atoms with Crippen molar-refractivity contribution in [2.75, 3.05) is 5.32 Å². The van der Waals surface area contributed by atoms with E-state index in [0.29, 0.717) is 0 Å². The Morgan fingerprint density at radius 1 is 1.23 bits per heavy atom. The number of esters is 2. The van der Waals surface area contributed by atoms with Crippen molar-refractivity contribution >= 4 is 23.6 Å². The number of phenolic OH excluding ortho intramolecular Hbond substituents is 1. The second kappa shape index (κ2) is 5.40. The number of ether oxygens (including phenoxy) is 2. The predicted molar refractivity (Wildman–Crippen MR) is 73.0 cm³/mol. The Bertz CT molecular complexity index is 668. The first-order valence-electron chi connectivity index (χ1n) is 6.19. The van der Waals surface area contributed by atoms with Crippen molar-refractivity contribution in [1.82, 2.24) is 0 Å². The van der Waals surface area contributed by atoms with Crippen LogP contribution < -0.4 is 5.32 Å². The normalized spacial score (nSPS) is 16.5. The molecule has 1 aliphatic heterocycles. The maximum Gasteiger partial charge on any atom is 0.350 e. The third kappa shape index (κ3) is 3.17. The van der Waals surface area contributed by atoms with E-state index in [9.17, 15) is 19.5 Å². The first-order chi connectivity index (χ1) is 10.2. The zero-order valence-corrected chi connectivity index (χ0v) is 11.7. The fourth-order valence-electron chi connectivity index (χ4n) is 1.72. The molecule has 22 heavy (non-hydrogen) atoms. The molecule has 0 aliphatic carbocycles. The summed E-state index contributed by atoms with van der Waals surface area (Å²) >= 11 is 0. The summed E-state index contributed by atoms with van der Waals surface area (Å²) in [5, 5.41) is 21.0. The summed E-state index contributed by atoms with van der Waals surface area (Å²) in [6.45, 7) is 2.84. The molecule has 0 radical (unpaired) electrons. The quantitative estimate of drug-likeness (QED) is 0.330. The van der Waals surface area contributed by atoms with Gasteiger partial charge in [-0.2, -0.15) is 0 Å². The van der Waals surface area contributed by atoms with Crippen LogP contribution in [0.5, 0.6) is 5.75 Å². The molecule has 1 saturated heterocycles. The molecule has 0 bridgehead atoms. The number of hydrogen-bond donors (Lipinski definition) is 3. The lowest BCUT2D eigenvalue weighted by molar-refractivity contribution is -0.222. The number of carboxylic acids is 1. The van der Waals surface area contributed by atoms with Gasteiger partial charge in [0.1, 0.15) is 5.75 Å². The highest BCUT2D eigenvalue weighted by atomic mass is 16.7. The average molecular weight is 307 g/mol. The Labute approximate surface area is 125 Å². The van der Waals surface area contributed by atoms with Gasteiger partial charge in [-0.05, 0) is 18.2 Å². The van der Waals surface area contributed by atoms with E-state index in [4.69, 9.17) is 14.6 Å². The van der Waals surface area contributed by atoms with Crippen LogP contribution in [0, 0.1) is 0 Å². The number of anilines is 1. The van der Waals surface area contributed by atoms with Crippen LogP contribution in [-0.2, 0) is 19.1 Å². The molecule has 0 saturated carbocycles. The summed E-state index contributed by atoms with van der Waals surface area (Å²) in [4.78, 5) is 34.1. The van der Waals surface area contributed by atoms with Gasteiger partial charge in [0.25, 0.3) is 5.79 Å². The van der Waals surface area contributed by atoms with Gasteiger partial charge in [-0.25, -0.2) is 14.4 Å². The summed E-state index contributed by atoms with van der Waals surface area (Å²) in [6, 6.07) is 3.58. The molecular weight excluding hydrogens is 294 g/mol. The number of nitrogens with one attached hydrogen (secondary N) is 1. The minimum atomic E-state index is -1.34. The molecule has 0 spiro atoms. The average Bonchev–Trinajstić information content (AvgIpc) is 2.37. The molecular formula is C14H13NO7. The topological polar surface area (TPSA) is 122 Å². The molecule has 1 aromatic rings. The molecule has 1 heterocycles. The number of benzene rings is 1. The number of aromatic hydroxyl groups is 1. The monoisotopic (exact) mass is 307 g/mol. The largest absolute Gasteiger partial charge is 0.506 e. The van der Waals surface area contributed by atoms with Crippen LogP contribution in [0.15, 0.2) is 30.0 Å². The molecule has 0 atom stereocenters. The number of aromatic carboxylic acids is 1. The highest BCUT2D eigenvalue weighted by Crippen LogP contribution is 2.26. The first kappa shape index (κ1) is 15.4. The lowest BCUT2D eigenvalue weighted by atomic mass is 10.2. The smallest absolute Gasteiger partial charge is 0.350 e. The van der Waals surface area contributed by atoms with Crippen molar-refractivity contribution in [2.45, 2.75) is 19.6 Å². The Hall–Kier alpha value is -3.03. The highest BCUT2D eigenvalue weighted by molar-refractivity contribution is 6.15. The maximum atomic E-state index is 11.7. The van der Waals surface area contributed by atoms with Crippen LogP contribution >= 0.6 is 0 Å². The summed E-state index contributed by atoms with van der Waals surface area (Å²) in [6.07, 6.45) is 1.02. The van der Waals surface area contributed by atoms with Crippen LogP contribution in [-0.4, -0.2) is 33.9 Å². The third-order valence-corrected chi connectivity index (χ3v) is 2.73. The standard InChI is InChI=1S/C14H13NO7/c1-14(2)21-12(19)8(13(20)22-14)6-15-9-4-3-7(11(17)18)5-10(9)16/h3-6,15-16H,1-2H3,(H,17,18). The second-order valence-electron chi connectivity index (χ2n) is 4.92. The lowest BCUT2D eigenvalue weighted by Gasteiger charge is -2.29. The van der Waals surface area contributed by atoms with E-state index < -0.39 is 23.7 Å². The van der Waals surface area contributed by atoms with Crippen molar-refractivity contribution in [2.24, 2.45) is 0 Å². The molecule has 8 nitrogen and oxygen atoms in total. The van der Waals surface area contributed by atoms with Crippen molar-refractivity contribution in [3.05, 3.63) is 35.5 Å². The van der Waals surface area contributed by atoms with Gasteiger partial charge in [0.05, 0.1) is 11.3 Å². The van der Waals surface area contributed by atoms with Crippen molar-refractivity contribution in [1.29, 1.82) is 0 Å². The number of carbonyl (C=O) groups is 3. The van der Waals surface area contributed by atoms with Gasteiger partial charge in [0, 0.05) is 20.0 Å². The van der Waals surface area contributed by atoms with Gasteiger partial charge in [0.2, 0.25) is 0 Å². The zero-order valence-electron chi connectivity index (χ0n) is 11.7. The van der Waals surface area contributed by atoms with E-state index in [2.05, 4.69) is 5.32 Å². The van der Waals surface area contributed by atoms with Gasteiger partial charge >= 0.3 is 17.9 Å². The third-order valence-electron chi connectivity index (χ3n) is 2.73. The molecule has 0 amide bonds. The van der Waals surface area contributed by atoms with Crippen LogP contribution in [0.25, 0.3) is 0 Å². The molecule has 8 heteroatoms. The number of phenols is 1. The summed E-state index contributed by atoms with van der Waals surface area (Å²) in [5.41, 5.74) is -0.363. The Balaban J connectivity index is 2.20. The molecule has 116 valence electrons. The van der Waals surface area contributed by atoms with Crippen LogP contribution in [0.2, 0.25) is 0 Å². The van der Waals surface area contributed by atoms with Gasteiger partial charge in [-0.3, -0.25) is 0 Å². The van der Waals surface area contributed by atoms with Gasteiger partial charge < -0.3 is 25.0 Å². The van der Waals surface area contributed by atoms with E-state index in [0.717, 1.165) is 12.3 Å². The Morgan fingerprint density at radius 3 is 2.32 bits per heavy atom. The number of cyclic esters (lactones) is 2. The minimum Gasteiger partial charge on any atom is -0.506 e. The number of carbonyl (C=O) groups excluding carboxylic acids is 2. The van der Waals surface area contributed by atoms with E-state index in [1.807, 2.05) is 0 Å². The molecule has 0 aromatic heterocycles. The fourth-order valence-corrected chi connectivity index (χ4v) is 1.72. The maximum absolute atomic E-state index is 11.7. The van der Waals surface area contributed by atoms with Crippen LogP contribution in [0.1, 0.15) is 24.2 Å². The van der Waals surface area contributed by atoms with Crippen molar-refractivity contribution in [3.63, 3.8) is 0 Å². The molecule has 0 unspecified atom stereocenters. The molecule has 3 N–H and O–H groups in total. The van der Waals surface area contributed by atoms with E-state index in [1.54, 1.807) is 0 Å². The van der Waals surface area contributed by atoms with E-state index >= 15 is 0 Å². The molecule has 1 aromatic carbocycles. The van der Waals surface area contributed by atoms with Crippen LogP contribution in [0.4, 0.5) is 5.69 Å². The molecule has 2 rings (SSSR count). The SMILES string of the molecule is CC1(C)OC(=O)C(=CNc2ccc(C(=O)O)cc2O)C(=O)O1. The second-order valence-corrected chi connectivity index (χ2v) is 4.92. The first-order valence-corrected chi connectivity index (χ1v) is 6.19. The summed E-state index contributed by atoms with van der Waals surface area (Å²) in [5.74, 6) is -4.61.